The van der Waals surface area contributed by atoms with Crippen molar-refractivity contribution in [3.63, 3.8) is 0 Å². The minimum absolute atomic E-state index is 0.0478. The van der Waals surface area contributed by atoms with Crippen LogP contribution in [-0.4, -0.2) is 44.7 Å². The van der Waals surface area contributed by atoms with Gasteiger partial charge in [-0.15, -0.1) is 0 Å². The van der Waals surface area contributed by atoms with Crippen molar-refractivity contribution in [3.05, 3.63) is 0 Å². The van der Waals surface area contributed by atoms with Crippen molar-refractivity contribution < 1.29 is 9.47 Å². The molecule has 15 heavy (non-hydrogen) atoms. The monoisotopic (exact) mass is 216 g/mol. The first-order valence-corrected chi connectivity index (χ1v) is 5.77. The fraction of sp³-hybridized carbons (Fsp3) is 1.00. The third-order valence-corrected chi connectivity index (χ3v) is 2.16. The van der Waals surface area contributed by atoms with E-state index in [4.69, 9.17) is 9.47 Å². The molecule has 1 rings (SSSR count). The Morgan fingerprint density at radius 3 is 2.40 bits per heavy atom. The van der Waals surface area contributed by atoms with Crippen LogP contribution >= 0.6 is 0 Å². The topological polar surface area (TPSA) is 42.5 Å². The molecule has 0 aromatic heterocycles. The maximum Gasteiger partial charge on any atom is 0.169 e. The molecule has 1 aliphatic heterocycles. The Labute approximate surface area is 92.7 Å². The molecule has 0 bridgehead atoms. The predicted octanol–water partition coefficient (Wildman–Crippen LogP) is 0.727. The van der Waals surface area contributed by atoms with E-state index in [1.54, 1.807) is 0 Å². The number of ether oxygens (including phenoxy) is 2. The maximum absolute atomic E-state index is 5.42. The third-order valence-electron chi connectivity index (χ3n) is 2.16. The minimum atomic E-state index is -0.0478. The molecule has 0 atom stereocenters. The summed E-state index contributed by atoms with van der Waals surface area (Å²) in [5, 5.41) is 6.73. The van der Waals surface area contributed by atoms with Crippen LogP contribution in [0, 0.1) is 0 Å². The van der Waals surface area contributed by atoms with Gasteiger partial charge in [-0.05, 0) is 27.2 Å². The lowest BCUT2D eigenvalue weighted by molar-refractivity contribution is -0.175. The molecule has 1 heterocycles. The molecule has 90 valence electrons. The highest BCUT2D eigenvalue weighted by molar-refractivity contribution is 4.70. The van der Waals surface area contributed by atoms with Crippen LogP contribution < -0.4 is 10.6 Å². The highest BCUT2D eigenvalue weighted by Gasteiger charge is 2.13. The van der Waals surface area contributed by atoms with Gasteiger partial charge in [0.1, 0.15) is 0 Å². The van der Waals surface area contributed by atoms with Crippen LogP contribution in [0.15, 0.2) is 0 Å². The average Bonchev–Trinajstić information content (AvgIpc) is 2.17. The van der Waals surface area contributed by atoms with E-state index < -0.39 is 0 Å². The predicted molar refractivity (Wildman–Crippen MR) is 60.9 cm³/mol. The summed E-state index contributed by atoms with van der Waals surface area (Å²) >= 11 is 0. The summed E-state index contributed by atoms with van der Waals surface area (Å²) in [5.74, 6) is 0. The standard InChI is InChI=1S/C11H24N2O2/c1-11(2,3)13-6-5-12-9-10-14-7-4-8-15-10/h10,12-13H,4-9H2,1-3H3. The fourth-order valence-corrected chi connectivity index (χ4v) is 1.40. The van der Waals surface area contributed by atoms with E-state index in [0.717, 1.165) is 39.3 Å². The van der Waals surface area contributed by atoms with Gasteiger partial charge in [-0.3, -0.25) is 0 Å². The molecular formula is C11H24N2O2. The minimum Gasteiger partial charge on any atom is -0.351 e. The van der Waals surface area contributed by atoms with Crippen molar-refractivity contribution in [3.8, 4) is 0 Å². The Morgan fingerprint density at radius 2 is 1.80 bits per heavy atom. The van der Waals surface area contributed by atoms with E-state index in [1.165, 1.54) is 0 Å². The van der Waals surface area contributed by atoms with Crippen molar-refractivity contribution in [2.24, 2.45) is 0 Å². The molecule has 4 nitrogen and oxygen atoms in total. The molecule has 2 N–H and O–H groups in total. The number of hydrogen-bond donors (Lipinski definition) is 2. The quantitative estimate of drug-likeness (QED) is 0.665. The van der Waals surface area contributed by atoms with E-state index in [0.29, 0.717) is 0 Å². The zero-order chi connectivity index (χ0) is 11.1. The Hall–Kier alpha value is -0.160. The molecule has 0 unspecified atom stereocenters. The molecular weight excluding hydrogens is 192 g/mol. The third kappa shape index (κ3) is 6.84. The highest BCUT2D eigenvalue weighted by atomic mass is 16.7. The van der Waals surface area contributed by atoms with Gasteiger partial charge in [0.05, 0.1) is 13.2 Å². The van der Waals surface area contributed by atoms with E-state index >= 15 is 0 Å². The largest absolute Gasteiger partial charge is 0.351 e. The highest BCUT2D eigenvalue weighted by Crippen LogP contribution is 2.02. The van der Waals surface area contributed by atoms with Gasteiger partial charge in [0.15, 0.2) is 6.29 Å². The van der Waals surface area contributed by atoms with E-state index in [2.05, 4.69) is 31.4 Å². The second-order valence-electron chi connectivity index (χ2n) is 4.91. The number of hydrogen-bond acceptors (Lipinski definition) is 4. The molecule has 0 spiro atoms. The van der Waals surface area contributed by atoms with E-state index in [9.17, 15) is 0 Å². The van der Waals surface area contributed by atoms with Crippen LogP contribution in [0.1, 0.15) is 27.2 Å². The number of nitrogens with one attached hydrogen (secondary N) is 2. The van der Waals surface area contributed by atoms with Gasteiger partial charge in [0, 0.05) is 25.2 Å². The fourth-order valence-electron chi connectivity index (χ4n) is 1.40. The Bertz CT molecular complexity index is 162. The lowest BCUT2D eigenvalue weighted by Gasteiger charge is -2.24. The van der Waals surface area contributed by atoms with Crippen LogP contribution in [-0.2, 0) is 9.47 Å². The number of rotatable bonds is 5. The zero-order valence-electron chi connectivity index (χ0n) is 10.1. The smallest absolute Gasteiger partial charge is 0.169 e. The lowest BCUT2D eigenvalue weighted by Crippen LogP contribution is -2.42. The summed E-state index contributed by atoms with van der Waals surface area (Å²) in [5.41, 5.74) is 0.194. The van der Waals surface area contributed by atoms with Gasteiger partial charge < -0.3 is 20.1 Å². The summed E-state index contributed by atoms with van der Waals surface area (Å²) in [6.07, 6.45) is 0.968. The Balaban J connectivity index is 1.92. The van der Waals surface area contributed by atoms with Crippen molar-refractivity contribution in [2.75, 3.05) is 32.8 Å². The molecule has 4 heteroatoms. The van der Waals surface area contributed by atoms with Gasteiger partial charge in [-0.1, -0.05) is 0 Å². The average molecular weight is 216 g/mol. The van der Waals surface area contributed by atoms with Crippen molar-refractivity contribution >= 4 is 0 Å². The van der Waals surface area contributed by atoms with Gasteiger partial charge in [0.2, 0.25) is 0 Å². The van der Waals surface area contributed by atoms with Gasteiger partial charge in [-0.25, -0.2) is 0 Å². The molecule has 0 saturated carbocycles. The summed E-state index contributed by atoms with van der Waals surface area (Å²) in [4.78, 5) is 0. The second-order valence-corrected chi connectivity index (χ2v) is 4.91. The molecule has 0 aliphatic carbocycles. The first-order chi connectivity index (χ1) is 7.08. The SMILES string of the molecule is CC(C)(C)NCCNCC1OCCCO1. The maximum atomic E-state index is 5.42. The van der Waals surface area contributed by atoms with Crippen molar-refractivity contribution in [1.82, 2.24) is 10.6 Å². The zero-order valence-corrected chi connectivity index (χ0v) is 10.1. The van der Waals surface area contributed by atoms with Gasteiger partial charge in [0.25, 0.3) is 0 Å². The molecule has 1 fully saturated rings. The molecule has 0 aromatic carbocycles. The second kappa shape index (κ2) is 6.43. The van der Waals surface area contributed by atoms with E-state index in [-0.39, 0.29) is 11.8 Å². The molecule has 0 aromatic rings. The van der Waals surface area contributed by atoms with Crippen molar-refractivity contribution in [2.45, 2.75) is 39.0 Å². The summed E-state index contributed by atoms with van der Waals surface area (Å²) in [6.45, 7) is 10.8. The van der Waals surface area contributed by atoms with Crippen LogP contribution in [0.4, 0.5) is 0 Å². The van der Waals surface area contributed by atoms with Crippen LogP contribution in [0.25, 0.3) is 0 Å². The molecule has 1 aliphatic rings. The van der Waals surface area contributed by atoms with Crippen molar-refractivity contribution in [1.29, 1.82) is 0 Å². The van der Waals surface area contributed by atoms with E-state index in [1.807, 2.05) is 0 Å². The molecule has 1 saturated heterocycles. The molecule has 0 radical (unpaired) electrons. The lowest BCUT2D eigenvalue weighted by atomic mass is 10.1. The summed E-state index contributed by atoms with van der Waals surface area (Å²) < 4.78 is 10.8. The van der Waals surface area contributed by atoms with Crippen LogP contribution in [0.3, 0.4) is 0 Å². The summed E-state index contributed by atoms with van der Waals surface area (Å²) in [7, 11) is 0. The Morgan fingerprint density at radius 1 is 1.13 bits per heavy atom. The summed E-state index contributed by atoms with van der Waals surface area (Å²) in [6, 6.07) is 0. The molecule has 0 amide bonds. The first-order valence-electron chi connectivity index (χ1n) is 5.77. The van der Waals surface area contributed by atoms with Gasteiger partial charge in [-0.2, -0.15) is 0 Å². The van der Waals surface area contributed by atoms with Crippen LogP contribution in [0.5, 0.6) is 0 Å². The Kier molecular flexibility index (Phi) is 5.53. The normalized spacial score (nSPS) is 19.4. The first kappa shape index (κ1) is 12.9. The van der Waals surface area contributed by atoms with Crippen LogP contribution in [0.2, 0.25) is 0 Å². The van der Waals surface area contributed by atoms with Gasteiger partial charge >= 0.3 is 0 Å².